The molecule has 1 heterocycles. The standard InChI is InChI=1S/C42H50N4O5/c1-6-29-12-16-32(17-13-29)33-20-22-34(23-21-33)36-25-43-38(44-26-36)35-18-14-30(15-19-35)24-37(39(47)45-28(2)40(48)51-42(3,4)5)46-41(49)50-27-31-10-8-7-9-11-31/h7-11,14-15,18-23,25-26,28-29,32,37H,6,12-13,16-17,24,27H2,1-5H3,(H,45,47)(H,46,49)/t28-,29-,32-,37+/m1/s1. The maximum Gasteiger partial charge on any atom is 0.408 e. The molecule has 5 rings (SSSR count). The Kier molecular flexibility index (Phi) is 12.6. The molecule has 1 aromatic heterocycles. The van der Waals surface area contributed by atoms with Gasteiger partial charge < -0.3 is 20.1 Å². The number of nitrogens with one attached hydrogen (secondary N) is 2. The molecule has 3 aromatic carbocycles. The minimum Gasteiger partial charge on any atom is -0.458 e. The van der Waals surface area contributed by atoms with Gasteiger partial charge in [-0.3, -0.25) is 4.79 Å². The van der Waals surface area contributed by atoms with E-state index in [1.807, 2.05) is 67.0 Å². The van der Waals surface area contributed by atoms with Gasteiger partial charge in [-0.25, -0.2) is 19.6 Å². The van der Waals surface area contributed by atoms with E-state index in [9.17, 15) is 14.4 Å². The van der Waals surface area contributed by atoms with Crippen LogP contribution in [0.25, 0.3) is 22.5 Å². The van der Waals surface area contributed by atoms with Gasteiger partial charge in [0.1, 0.15) is 24.3 Å². The Morgan fingerprint density at radius 2 is 1.41 bits per heavy atom. The molecular weight excluding hydrogens is 640 g/mol. The number of hydrogen-bond donors (Lipinski definition) is 2. The normalized spacial score (nSPS) is 17.1. The highest BCUT2D eigenvalue weighted by Crippen LogP contribution is 2.37. The number of amides is 2. The first kappa shape index (κ1) is 37.2. The van der Waals surface area contributed by atoms with Gasteiger partial charge in [-0.1, -0.05) is 92.2 Å². The third kappa shape index (κ3) is 11.0. The van der Waals surface area contributed by atoms with E-state index in [4.69, 9.17) is 9.47 Å². The summed E-state index contributed by atoms with van der Waals surface area (Å²) in [5, 5.41) is 5.35. The number of carbonyl (C=O) groups excluding carboxylic acids is 3. The van der Waals surface area contributed by atoms with Crippen molar-refractivity contribution in [3.05, 3.63) is 108 Å². The van der Waals surface area contributed by atoms with Crippen LogP contribution in [0.4, 0.5) is 4.79 Å². The van der Waals surface area contributed by atoms with Crippen LogP contribution >= 0.6 is 0 Å². The van der Waals surface area contributed by atoms with Gasteiger partial charge in [0.15, 0.2) is 5.82 Å². The summed E-state index contributed by atoms with van der Waals surface area (Å²) in [7, 11) is 0. The third-order valence-electron chi connectivity index (χ3n) is 9.38. The molecule has 0 spiro atoms. The fourth-order valence-electron chi connectivity index (χ4n) is 6.38. The Bertz CT molecular complexity index is 1730. The molecule has 51 heavy (non-hydrogen) atoms. The van der Waals surface area contributed by atoms with Crippen LogP contribution in [0, 0.1) is 5.92 Å². The molecule has 1 fully saturated rings. The smallest absolute Gasteiger partial charge is 0.408 e. The number of carbonyl (C=O) groups is 3. The lowest BCUT2D eigenvalue weighted by Gasteiger charge is -2.28. The van der Waals surface area contributed by atoms with Crippen molar-refractivity contribution in [3.63, 3.8) is 0 Å². The lowest BCUT2D eigenvalue weighted by Crippen LogP contribution is -2.52. The predicted molar refractivity (Wildman–Crippen MR) is 199 cm³/mol. The second-order valence-electron chi connectivity index (χ2n) is 14.5. The number of esters is 1. The molecule has 2 amide bonds. The van der Waals surface area contributed by atoms with E-state index >= 15 is 0 Å². The van der Waals surface area contributed by atoms with Crippen molar-refractivity contribution in [1.29, 1.82) is 0 Å². The van der Waals surface area contributed by atoms with Crippen LogP contribution in [-0.4, -0.2) is 45.6 Å². The number of benzene rings is 3. The summed E-state index contributed by atoms with van der Waals surface area (Å²) < 4.78 is 10.8. The first-order valence-electron chi connectivity index (χ1n) is 18.0. The fourth-order valence-corrected chi connectivity index (χ4v) is 6.38. The molecule has 268 valence electrons. The van der Waals surface area contributed by atoms with Crippen LogP contribution in [0.1, 0.15) is 89.3 Å². The maximum absolute atomic E-state index is 13.4. The quantitative estimate of drug-likeness (QED) is 0.144. The van der Waals surface area contributed by atoms with Crippen LogP contribution in [0.3, 0.4) is 0 Å². The molecular formula is C42H50N4O5. The van der Waals surface area contributed by atoms with E-state index in [-0.39, 0.29) is 13.0 Å². The minimum atomic E-state index is -1.02. The molecule has 2 N–H and O–H groups in total. The molecule has 0 unspecified atom stereocenters. The fraction of sp³-hybridized carbons (Fsp3) is 0.405. The Morgan fingerprint density at radius 3 is 2.02 bits per heavy atom. The molecule has 1 aliphatic carbocycles. The van der Waals surface area contributed by atoms with Gasteiger partial charge in [0.05, 0.1) is 0 Å². The second kappa shape index (κ2) is 17.2. The zero-order chi connectivity index (χ0) is 36.4. The van der Waals surface area contributed by atoms with Crippen LogP contribution < -0.4 is 10.6 Å². The molecule has 0 bridgehead atoms. The molecule has 0 aliphatic heterocycles. The third-order valence-corrected chi connectivity index (χ3v) is 9.38. The number of ether oxygens (including phenoxy) is 2. The topological polar surface area (TPSA) is 120 Å². The molecule has 2 atom stereocenters. The molecule has 9 heteroatoms. The molecule has 1 saturated carbocycles. The number of aromatic nitrogens is 2. The van der Waals surface area contributed by atoms with Crippen LogP contribution in [0.2, 0.25) is 0 Å². The Morgan fingerprint density at radius 1 is 0.784 bits per heavy atom. The van der Waals surface area contributed by atoms with E-state index < -0.39 is 35.7 Å². The van der Waals surface area contributed by atoms with Crippen LogP contribution in [0.15, 0.2) is 91.3 Å². The average Bonchev–Trinajstić information content (AvgIpc) is 3.14. The van der Waals surface area contributed by atoms with Gasteiger partial charge in [-0.15, -0.1) is 0 Å². The van der Waals surface area contributed by atoms with Gasteiger partial charge in [0.2, 0.25) is 5.91 Å². The van der Waals surface area contributed by atoms with Crippen molar-refractivity contribution in [2.75, 3.05) is 0 Å². The number of nitrogens with zero attached hydrogens (tertiary/aromatic N) is 2. The van der Waals surface area contributed by atoms with Gasteiger partial charge in [0, 0.05) is 29.9 Å². The number of rotatable bonds is 12. The van der Waals surface area contributed by atoms with Crippen molar-refractivity contribution in [2.24, 2.45) is 5.92 Å². The predicted octanol–water partition coefficient (Wildman–Crippen LogP) is 8.18. The largest absolute Gasteiger partial charge is 0.458 e. The highest BCUT2D eigenvalue weighted by atomic mass is 16.6. The molecule has 0 saturated heterocycles. The summed E-state index contributed by atoms with van der Waals surface area (Å²) >= 11 is 0. The zero-order valence-corrected chi connectivity index (χ0v) is 30.4. The zero-order valence-electron chi connectivity index (χ0n) is 30.4. The van der Waals surface area contributed by atoms with Crippen LogP contribution in [0.5, 0.6) is 0 Å². The van der Waals surface area contributed by atoms with Crippen molar-refractivity contribution < 1.29 is 23.9 Å². The summed E-state index contributed by atoms with van der Waals surface area (Å²) in [6, 6.07) is 23.7. The first-order valence-corrected chi connectivity index (χ1v) is 18.0. The van der Waals surface area contributed by atoms with Gasteiger partial charge in [0.25, 0.3) is 0 Å². The maximum atomic E-state index is 13.4. The summed E-state index contributed by atoms with van der Waals surface area (Å²) in [5.74, 6) is 1.01. The van der Waals surface area contributed by atoms with Crippen molar-refractivity contribution in [1.82, 2.24) is 20.6 Å². The lowest BCUT2D eigenvalue weighted by molar-refractivity contribution is -0.158. The molecule has 9 nitrogen and oxygen atoms in total. The van der Waals surface area contributed by atoms with E-state index in [1.54, 1.807) is 27.7 Å². The highest BCUT2D eigenvalue weighted by Gasteiger charge is 2.28. The highest BCUT2D eigenvalue weighted by molar-refractivity contribution is 5.89. The monoisotopic (exact) mass is 690 g/mol. The summed E-state index contributed by atoms with van der Waals surface area (Å²) in [4.78, 5) is 48.0. The van der Waals surface area contributed by atoms with Crippen molar-refractivity contribution >= 4 is 18.0 Å². The SMILES string of the molecule is CC[C@H]1CC[C@H](c2ccc(-c3cnc(-c4ccc(C[C@H](NC(=O)OCc5ccccc5)C(=O)N[C@H](C)C(=O)OC(C)(C)C)cc4)nc3)cc2)CC1. The minimum absolute atomic E-state index is 0.0497. The average molecular weight is 691 g/mol. The summed E-state index contributed by atoms with van der Waals surface area (Å²) in [5.41, 5.74) is 5.17. The van der Waals surface area contributed by atoms with E-state index in [0.29, 0.717) is 11.7 Å². The number of hydrogen-bond acceptors (Lipinski definition) is 7. The number of alkyl carbamates (subject to hydrolysis) is 1. The van der Waals surface area contributed by atoms with Gasteiger partial charge in [-0.05, 0) is 87.5 Å². The molecule has 1 aliphatic rings. The first-order chi connectivity index (χ1) is 24.5. The Hall–Kier alpha value is -5.05. The summed E-state index contributed by atoms with van der Waals surface area (Å²) in [6.45, 7) is 9.16. The molecule has 0 radical (unpaired) electrons. The van der Waals surface area contributed by atoms with E-state index in [1.165, 1.54) is 37.7 Å². The molecule has 4 aromatic rings. The van der Waals surface area contributed by atoms with Crippen LogP contribution in [-0.2, 0) is 32.1 Å². The lowest BCUT2D eigenvalue weighted by atomic mass is 9.78. The van der Waals surface area contributed by atoms with Gasteiger partial charge in [-0.2, -0.15) is 0 Å². The second-order valence-corrected chi connectivity index (χ2v) is 14.5. The van der Waals surface area contributed by atoms with Crippen molar-refractivity contribution in [2.45, 2.75) is 103 Å². The van der Waals surface area contributed by atoms with E-state index in [2.05, 4.69) is 51.8 Å². The Labute approximate surface area is 301 Å². The van der Waals surface area contributed by atoms with E-state index in [0.717, 1.165) is 33.7 Å². The van der Waals surface area contributed by atoms with Gasteiger partial charge >= 0.3 is 12.1 Å². The van der Waals surface area contributed by atoms with Crippen molar-refractivity contribution in [3.8, 4) is 22.5 Å². The Balaban J connectivity index is 1.22. The summed E-state index contributed by atoms with van der Waals surface area (Å²) in [6.07, 6.45) is 9.57.